The first kappa shape index (κ1) is 16.5. The number of hydrogen-bond acceptors (Lipinski definition) is 3. The second-order valence-electron chi connectivity index (χ2n) is 5.80. The van der Waals surface area contributed by atoms with E-state index in [-0.39, 0.29) is 18.2 Å². The number of nitrogens with zero attached hydrogens (tertiary/aromatic N) is 1. The van der Waals surface area contributed by atoms with Gasteiger partial charge in [0.05, 0.1) is 21.1 Å². The van der Waals surface area contributed by atoms with Crippen LogP contribution in [0.5, 0.6) is 0 Å². The molecular weight excluding hydrogens is 278 g/mol. The first-order chi connectivity index (χ1) is 8.85. The van der Waals surface area contributed by atoms with Gasteiger partial charge in [-0.05, 0) is 25.1 Å². The molecule has 4 nitrogen and oxygen atoms in total. The standard InChI is InChI=1S/C15H20NO3.ClH/c1-11-5-6-13-12(9-11)10-14(19-13)15(17)18-8-7-16(2,3)4;/h5-6,9-10H,7-8H2,1-4H3;1H/q+1;/p-1. The molecule has 0 fully saturated rings. The van der Waals surface area contributed by atoms with Gasteiger partial charge in [-0.3, -0.25) is 0 Å². The maximum Gasteiger partial charge on any atom is 0.374 e. The summed E-state index contributed by atoms with van der Waals surface area (Å²) in [4.78, 5) is 11.9. The summed E-state index contributed by atoms with van der Waals surface area (Å²) in [5.41, 5.74) is 1.85. The Morgan fingerprint density at radius 3 is 2.60 bits per heavy atom. The SMILES string of the molecule is Cc1ccc2oc(C(=O)OCC[N+](C)(C)C)cc2c1.[Cl-]. The molecule has 20 heavy (non-hydrogen) atoms. The second-order valence-corrected chi connectivity index (χ2v) is 5.80. The minimum absolute atomic E-state index is 0. The summed E-state index contributed by atoms with van der Waals surface area (Å²) in [6.45, 7) is 3.16. The van der Waals surface area contributed by atoms with Crippen LogP contribution in [-0.2, 0) is 4.74 Å². The van der Waals surface area contributed by atoms with Crippen molar-refractivity contribution in [2.24, 2.45) is 0 Å². The highest BCUT2D eigenvalue weighted by Gasteiger charge is 2.15. The molecule has 0 aliphatic carbocycles. The van der Waals surface area contributed by atoms with Gasteiger partial charge in [-0.2, -0.15) is 0 Å². The number of ether oxygens (including phenoxy) is 1. The summed E-state index contributed by atoms with van der Waals surface area (Å²) in [7, 11) is 6.16. The lowest BCUT2D eigenvalue weighted by Gasteiger charge is -2.23. The first-order valence-electron chi connectivity index (χ1n) is 6.33. The third kappa shape index (κ3) is 4.25. The summed E-state index contributed by atoms with van der Waals surface area (Å²) in [6.07, 6.45) is 0. The lowest BCUT2D eigenvalue weighted by Crippen LogP contribution is -3.00. The number of carbonyl (C=O) groups is 1. The number of furan rings is 1. The highest BCUT2D eigenvalue weighted by atomic mass is 35.5. The Morgan fingerprint density at radius 2 is 1.95 bits per heavy atom. The van der Waals surface area contributed by atoms with Gasteiger partial charge < -0.3 is 26.0 Å². The van der Waals surface area contributed by atoms with Crippen LogP contribution in [0.25, 0.3) is 11.0 Å². The van der Waals surface area contributed by atoms with Crippen molar-refractivity contribution in [2.75, 3.05) is 34.3 Å². The molecule has 5 heteroatoms. The van der Waals surface area contributed by atoms with E-state index in [9.17, 15) is 4.79 Å². The van der Waals surface area contributed by atoms with E-state index in [1.54, 1.807) is 6.07 Å². The van der Waals surface area contributed by atoms with Crippen molar-refractivity contribution in [2.45, 2.75) is 6.92 Å². The van der Waals surface area contributed by atoms with Crippen molar-refractivity contribution < 1.29 is 30.8 Å². The number of hydrogen-bond donors (Lipinski definition) is 0. The monoisotopic (exact) mass is 297 g/mol. The molecule has 1 aromatic heterocycles. The number of carbonyl (C=O) groups excluding carboxylic acids is 1. The van der Waals surface area contributed by atoms with E-state index in [4.69, 9.17) is 9.15 Å². The van der Waals surface area contributed by atoms with E-state index in [1.807, 2.05) is 25.1 Å². The largest absolute Gasteiger partial charge is 1.00 e. The predicted molar refractivity (Wildman–Crippen MR) is 74.1 cm³/mol. The fourth-order valence-electron chi connectivity index (χ4n) is 1.75. The zero-order chi connectivity index (χ0) is 14.0. The molecule has 0 saturated heterocycles. The van der Waals surface area contributed by atoms with Crippen molar-refractivity contribution in [3.05, 3.63) is 35.6 Å². The summed E-state index contributed by atoms with van der Waals surface area (Å²) >= 11 is 0. The highest BCUT2D eigenvalue weighted by molar-refractivity contribution is 5.92. The maximum absolute atomic E-state index is 11.9. The van der Waals surface area contributed by atoms with E-state index < -0.39 is 5.97 Å². The Morgan fingerprint density at radius 1 is 1.25 bits per heavy atom. The van der Waals surface area contributed by atoms with Gasteiger partial charge >= 0.3 is 5.97 Å². The number of rotatable bonds is 4. The van der Waals surface area contributed by atoms with Crippen molar-refractivity contribution in [3.63, 3.8) is 0 Å². The Hall–Kier alpha value is -1.52. The molecule has 0 unspecified atom stereocenters. The van der Waals surface area contributed by atoms with Gasteiger partial charge in [0.15, 0.2) is 0 Å². The van der Waals surface area contributed by atoms with Crippen LogP contribution < -0.4 is 12.4 Å². The summed E-state index contributed by atoms with van der Waals surface area (Å²) in [5, 5.41) is 0.929. The lowest BCUT2D eigenvalue weighted by molar-refractivity contribution is -0.870. The van der Waals surface area contributed by atoms with Crippen LogP contribution in [0, 0.1) is 6.92 Å². The van der Waals surface area contributed by atoms with Crippen molar-refractivity contribution in [1.82, 2.24) is 0 Å². The number of fused-ring (bicyclic) bond motifs is 1. The number of quaternary nitrogens is 1. The molecule has 0 atom stereocenters. The van der Waals surface area contributed by atoms with Gasteiger partial charge in [-0.15, -0.1) is 0 Å². The zero-order valence-corrected chi connectivity index (χ0v) is 13.0. The van der Waals surface area contributed by atoms with Crippen molar-refractivity contribution in [3.8, 4) is 0 Å². The van der Waals surface area contributed by atoms with E-state index in [0.29, 0.717) is 12.2 Å². The third-order valence-corrected chi connectivity index (χ3v) is 2.87. The molecule has 0 spiro atoms. The summed E-state index contributed by atoms with van der Waals surface area (Å²) < 4.78 is 11.5. The molecule has 0 radical (unpaired) electrons. The lowest BCUT2D eigenvalue weighted by atomic mass is 10.2. The Balaban J connectivity index is 0.00000200. The summed E-state index contributed by atoms with van der Waals surface area (Å²) in [6, 6.07) is 7.55. The highest BCUT2D eigenvalue weighted by Crippen LogP contribution is 2.21. The van der Waals surface area contributed by atoms with E-state index in [2.05, 4.69) is 21.1 Å². The Kier molecular flexibility index (Phi) is 5.20. The zero-order valence-electron chi connectivity index (χ0n) is 12.3. The number of aryl methyl sites for hydroxylation is 1. The van der Waals surface area contributed by atoms with Crippen molar-refractivity contribution >= 4 is 16.9 Å². The van der Waals surface area contributed by atoms with E-state index in [1.165, 1.54) is 0 Å². The molecule has 0 amide bonds. The molecule has 0 N–H and O–H groups in total. The van der Waals surface area contributed by atoms with Gasteiger partial charge in [0, 0.05) is 5.39 Å². The minimum Gasteiger partial charge on any atom is -1.00 e. The second kappa shape index (κ2) is 6.29. The van der Waals surface area contributed by atoms with Crippen LogP contribution in [0.1, 0.15) is 16.1 Å². The van der Waals surface area contributed by atoms with Crippen LogP contribution in [0.3, 0.4) is 0 Å². The number of esters is 1. The van der Waals surface area contributed by atoms with Crippen LogP contribution in [0.15, 0.2) is 28.7 Å². The normalized spacial score (nSPS) is 11.2. The summed E-state index contributed by atoms with van der Waals surface area (Å²) in [5.74, 6) is -0.135. The van der Waals surface area contributed by atoms with Gasteiger partial charge in [-0.25, -0.2) is 4.79 Å². The smallest absolute Gasteiger partial charge is 0.374 e. The molecule has 0 aliphatic rings. The average Bonchev–Trinajstić information content (AvgIpc) is 2.70. The predicted octanol–water partition coefficient (Wildman–Crippen LogP) is -0.392. The van der Waals surface area contributed by atoms with Gasteiger partial charge in [0.1, 0.15) is 18.7 Å². The first-order valence-corrected chi connectivity index (χ1v) is 6.33. The topological polar surface area (TPSA) is 39.4 Å². The van der Waals surface area contributed by atoms with Crippen LogP contribution in [0.4, 0.5) is 0 Å². The molecule has 1 aromatic carbocycles. The van der Waals surface area contributed by atoms with Gasteiger partial charge in [-0.1, -0.05) is 11.6 Å². The molecular formula is C15H20ClNO3. The third-order valence-electron chi connectivity index (χ3n) is 2.87. The van der Waals surface area contributed by atoms with Gasteiger partial charge in [0.2, 0.25) is 5.76 Å². The maximum atomic E-state index is 11.9. The minimum atomic E-state index is -0.401. The number of halogens is 1. The molecule has 0 saturated carbocycles. The fraction of sp³-hybridized carbons (Fsp3) is 0.400. The molecule has 110 valence electrons. The Bertz CT molecular complexity index is 599. The molecule has 2 aromatic rings. The van der Waals surface area contributed by atoms with E-state index >= 15 is 0 Å². The van der Waals surface area contributed by atoms with E-state index in [0.717, 1.165) is 22.0 Å². The van der Waals surface area contributed by atoms with Gasteiger partial charge in [0.25, 0.3) is 0 Å². The van der Waals surface area contributed by atoms with Crippen molar-refractivity contribution in [1.29, 1.82) is 0 Å². The van der Waals surface area contributed by atoms with Crippen LogP contribution in [-0.4, -0.2) is 44.7 Å². The molecule has 1 heterocycles. The Labute approximate surface area is 125 Å². The molecule has 0 aliphatic heterocycles. The molecule has 0 bridgehead atoms. The quantitative estimate of drug-likeness (QED) is 0.570. The number of likely N-dealkylation sites (N-methyl/N-ethyl adjacent to an activating group) is 1. The number of benzene rings is 1. The fourth-order valence-corrected chi connectivity index (χ4v) is 1.75. The van der Waals surface area contributed by atoms with Crippen LogP contribution in [0.2, 0.25) is 0 Å². The van der Waals surface area contributed by atoms with Crippen LogP contribution >= 0.6 is 0 Å². The molecule has 2 rings (SSSR count). The average molecular weight is 298 g/mol.